The Hall–Kier alpha value is -2.34. The van der Waals surface area contributed by atoms with Crippen LogP contribution in [0.3, 0.4) is 0 Å². The topological polar surface area (TPSA) is 59.4 Å². The predicted octanol–water partition coefficient (Wildman–Crippen LogP) is 2.05. The molecule has 23 heavy (non-hydrogen) atoms. The zero-order chi connectivity index (χ0) is 16.1. The van der Waals surface area contributed by atoms with Gasteiger partial charge in [-0.05, 0) is 18.6 Å². The summed E-state index contributed by atoms with van der Waals surface area (Å²) in [7, 11) is 1.79. The van der Waals surface area contributed by atoms with Crippen LogP contribution < -0.4 is 5.32 Å². The first kappa shape index (κ1) is 15.6. The van der Waals surface area contributed by atoms with Gasteiger partial charge < -0.3 is 15.0 Å². The molecule has 0 unspecified atom stereocenters. The van der Waals surface area contributed by atoms with Crippen molar-refractivity contribution in [2.24, 2.45) is 5.92 Å². The lowest BCUT2D eigenvalue weighted by molar-refractivity contribution is 0.182. The van der Waals surface area contributed by atoms with Crippen molar-refractivity contribution in [2.45, 2.75) is 13.0 Å². The smallest absolute Gasteiger partial charge is 0.317 e. The lowest BCUT2D eigenvalue weighted by Crippen LogP contribution is -2.39. The molecular formula is C17H22N4O2. The van der Waals surface area contributed by atoms with Crippen molar-refractivity contribution >= 4 is 6.03 Å². The quantitative estimate of drug-likeness (QED) is 0.919. The Labute approximate surface area is 136 Å². The number of aromatic nitrogens is 2. The van der Waals surface area contributed by atoms with E-state index in [9.17, 15) is 4.79 Å². The summed E-state index contributed by atoms with van der Waals surface area (Å²) in [5.41, 5.74) is 2.00. The number of hydrogen-bond acceptors (Lipinski definition) is 3. The Balaban J connectivity index is 1.52. The minimum absolute atomic E-state index is 0.0654. The van der Waals surface area contributed by atoms with Gasteiger partial charge in [-0.2, -0.15) is 5.10 Å². The van der Waals surface area contributed by atoms with Crippen LogP contribution in [-0.2, 0) is 11.3 Å². The second-order valence-corrected chi connectivity index (χ2v) is 5.90. The summed E-state index contributed by atoms with van der Waals surface area (Å²) in [6.07, 6.45) is 4.76. The average molecular weight is 314 g/mol. The second kappa shape index (κ2) is 7.28. The van der Waals surface area contributed by atoms with Crippen LogP contribution >= 0.6 is 0 Å². The van der Waals surface area contributed by atoms with Crippen molar-refractivity contribution in [3.63, 3.8) is 0 Å². The summed E-state index contributed by atoms with van der Waals surface area (Å²) in [6, 6.07) is 9.85. The van der Waals surface area contributed by atoms with Crippen LogP contribution in [0.4, 0.5) is 4.79 Å². The fraction of sp³-hybridized carbons (Fsp3) is 0.412. The van der Waals surface area contributed by atoms with Crippen LogP contribution in [-0.4, -0.2) is 47.5 Å². The number of urea groups is 1. The highest BCUT2D eigenvalue weighted by atomic mass is 16.5. The maximum atomic E-state index is 12.1. The van der Waals surface area contributed by atoms with E-state index < -0.39 is 0 Å². The Morgan fingerprint density at radius 1 is 1.43 bits per heavy atom. The number of nitrogens with zero attached hydrogens (tertiary/aromatic N) is 3. The van der Waals surface area contributed by atoms with Gasteiger partial charge in [0.15, 0.2) is 0 Å². The van der Waals surface area contributed by atoms with Crippen LogP contribution in [0.25, 0.3) is 5.69 Å². The zero-order valence-electron chi connectivity index (χ0n) is 13.3. The maximum Gasteiger partial charge on any atom is 0.317 e. The molecule has 0 aliphatic carbocycles. The SMILES string of the molecule is CN(Cc1cnn(-c2ccccc2)c1)C(=O)NC[C@H]1CCOC1. The monoisotopic (exact) mass is 314 g/mol. The summed E-state index contributed by atoms with van der Waals surface area (Å²) in [4.78, 5) is 13.8. The maximum absolute atomic E-state index is 12.1. The van der Waals surface area contributed by atoms with Crippen molar-refractivity contribution in [2.75, 3.05) is 26.8 Å². The molecule has 1 saturated heterocycles. The van der Waals surface area contributed by atoms with Gasteiger partial charge in [-0.1, -0.05) is 18.2 Å². The number of hydrogen-bond donors (Lipinski definition) is 1. The van der Waals surface area contributed by atoms with Gasteiger partial charge in [0.25, 0.3) is 0 Å². The van der Waals surface area contributed by atoms with Gasteiger partial charge in [0, 0.05) is 37.9 Å². The largest absolute Gasteiger partial charge is 0.381 e. The Morgan fingerprint density at radius 2 is 2.26 bits per heavy atom. The Morgan fingerprint density at radius 3 is 3.00 bits per heavy atom. The van der Waals surface area contributed by atoms with E-state index in [1.807, 2.05) is 41.2 Å². The molecule has 6 nitrogen and oxygen atoms in total. The molecule has 0 spiro atoms. The average Bonchev–Trinajstić information content (AvgIpc) is 3.25. The predicted molar refractivity (Wildman–Crippen MR) is 87.4 cm³/mol. The van der Waals surface area contributed by atoms with Crippen molar-refractivity contribution in [3.05, 3.63) is 48.3 Å². The first-order chi connectivity index (χ1) is 11.2. The number of para-hydroxylation sites is 1. The molecule has 6 heteroatoms. The van der Waals surface area contributed by atoms with Gasteiger partial charge in [-0.25, -0.2) is 9.48 Å². The van der Waals surface area contributed by atoms with E-state index >= 15 is 0 Å². The van der Waals surface area contributed by atoms with E-state index in [1.165, 1.54) is 0 Å². The zero-order valence-corrected chi connectivity index (χ0v) is 13.3. The van der Waals surface area contributed by atoms with E-state index in [1.54, 1.807) is 18.1 Å². The van der Waals surface area contributed by atoms with E-state index in [0.29, 0.717) is 19.0 Å². The summed E-state index contributed by atoms with van der Waals surface area (Å²) < 4.78 is 7.13. The summed E-state index contributed by atoms with van der Waals surface area (Å²) in [5, 5.41) is 7.31. The van der Waals surface area contributed by atoms with Crippen molar-refractivity contribution in [1.82, 2.24) is 20.0 Å². The van der Waals surface area contributed by atoms with Gasteiger partial charge in [0.05, 0.1) is 25.0 Å². The van der Waals surface area contributed by atoms with Crippen molar-refractivity contribution < 1.29 is 9.53 Å². The molecule has 1 aromatic carbocycles. The third-order valence-corrected chi connectivity index (χ3v) is 3.99. The first-order valence-electron chi connectivity index (χ1n) is 7.88. The van der Waals surface area contributed by atoms with Crippen LogP contribution in [0, 0.1) is 5.92 Å². The standard InChI is InChI=1S/C17H22N4O2/c1-20(17(22)18-9-14-7-8-23-13-14)11-15-10-19-21(12-15)16-5-3-2-4-6-16/h2-6,10,12,14H,7-9,11,13H2,1H3,(H,18,22)/t14-/m1/s1. The number of carbonyl (C=O) groups excluding carboxylic acids is 1. The highest BCUT2D eigenvalue weighted by molar-refractivity contribution is 5.73. The van der Waals surface area contributed by atoms with Gasteiger partial charge >= 0.3 is 6.03 Å². The van der Waals surface area contributed by atoms with Crippen LogP contribution in [0.1, 0.15) is 12.0 Å². The van der Waals surface area contributed by atoms with Crippen molar-refractivity contribution in [3.8, 4) is 5.69 Å². The van der Waals surface area contributed by atoms with Crippen LogP contribution in [0.15, 0.2) is 42.7 Å². The van der Waals surface area contributed by atoms with E-state index in [-0.39, 0.29) is 6.03 Å². The molecule has 2 heterocycles. The Bertz CT molecular complexity index is 635. The third-order valence-electron chi connectivity index (χ3n) is 3.99. The molecule has 3 rings (SSSR count). The van der Waals surface area contributed by atoms with E-state index in [0.717, 1.165) is 30.9 Å². The molecule has 2 aromatic rings. The lowest BCUT2D eigenvalue weighted by atomic mass is 10.1. The highest BCUT2D eigenvalue weighted by Crippen LogP contribution is 2.11. The normalized spacial score (nSPS) is 17.2. The molecule has 1 N–H and O–H groups in total. The summed E-state index contributed by atoms with van der Waals surface area (Å²) in [6.45, 7) is 2.75. The summed E-state index contributed by atoms with van der Waals surface area (Å²) in [5.74, 6) is 0.438. The fourth-order valence-electron chi connectivity index (χ4n) is 2.62. The number of ether oxygens (including phenoxy) is 1. The van der Waals surface area contributed by atoms with E-state index in [4.69, 9.17) is 4.74 Å². The minimum atomic E-state index is -0.0654. The number of carbonyl (C=O) groups is 1. The molecule has 1 atom stereocenters. The molecular weight excluding hydrogens is 292 g/mol. The lowest BCUT2D eigenvalue weighted by Gasteiger charge is -2.18. The first-order valence-corrected chi connectivity index (χ1v) is 7.88. The highest BCUT2D eigenvalue weighted by Gasteiger charge is 2.17. The second-order valence-electron chi connectivity index (χ2n) is 5.90. The molecule has 1 fully saturated rings. The number of benzene rings is 1. The van der Waals surface area contributed by atoms with Gasteiger partial charge in [-0.15, -0.1) is 0 Å². The number of amides is 2. The van der Waals surface area contributed by atoms with Crippen LogP contribution in [0.5, 0.6) is 0 Å². The molecule has 2 amide bonds. The molecule has 0 bridgehead atoms. The third kappa shape index (κ3) is 4.10. The van der Waals surface area contributed by atoms with Gasteiger partial charge in [0.1, 0.15) is 0 Å². The molecule has 0 radical (unpaired) electrons. The minimum Gasteiger partial charge on any atom is -0.381 e. The number of rotatable bonds is 5. The molecule has 122 valence electrons. The van der Waals surface area contributed by atoms with E-state index in [2.05, 4.69) is 10.4 Å². The summed E-state index contributed by atoms with van der Waals surface area (Å²) >= 11 is 0. The van der Waals surface area contributed by atoms with Crippen LogP contribution in [0.2, 0.25) is 0 Å². The molecule has 1 aliphatic heterocycles. The van der Waals surface area contributed by atoms with Crippen molar-refractivity contribution in [1.29, 1.82) is 0 Å². The fourth-order valence-corrected chi connectivity index (χ4v) is 2.62. The van der Waals surface area contributed by atoms with Gasteiger partial charge in [-0.3, -0.25) is 0 Å². The molecule has 0 saturated carbocycles. The molecule has 1 aromatic heterocycles. The molecule has 1 aliphatic rings. The van der Waals surface area contributed by atoms with Gasteiger partial charge in [0.2, 0.25) is 0 Å². The number of nitrogens with one attached hydrogen (secondary N) is 1. The Kier molecular flexibility index (Phi) is 4.92.